The molecule has 18 heavy (non-hydrogen) atoms. The zero-order valence-corrected chi connectivity index (χ0v) is 10.3. The molecule has 0 spiro atoms. The molecule has 1 aromatic heterocycles. The number of fused-ring (bicyclic) bond motifs is 1. The summed E-state index contributed by atoms with van der Waals surface area (Å²) in [5.74, 6) is 0.474. The summed E-state index contributed by atoms with van der Waals surface area (Å²) in [7, 11) is 0. The Morgan fingerprint density at radius 3 is 2.72 bits per heavy atom. The largest absolute Gasteiger partial charge is 0.432 e. The van der Waals surface area contributed by atoms with E-state index in [4.69, 9.17) is 16.0 Å². The first kappa shape index (κ1) is 11.1. The summed E-state index contributed by atoms with van der Waals surface area (Å²) in [6.07, 6.45) is 3.14. The standard InChI is InChI=1S/C14H11ClN2O/c15-9-11-5-1-3-10-4-2-6-12(13(10)11)17-14-16-7-8-18-14/h1-8H,9H2,(H,16,17). The second kappa shape index (κ2) is 4.70. The third kappa shape index (κ3) is 1.93. The topological polar surface area (TPSA) is 38.1 Å². The van der Waals surface area contributed by atoms with Gasteiger partial charge in [-0.15, -0.1) is 11.6 Å². The predicted octanol–water partition coefficient (Wildman–Crippen LogP) is 4.31. The lowest BCUT2D eigenvalue weighted by Crippen LogP contribution is -1.93. The summed E-state index contributed by atoms with van der Waals surface area (Å²) in [6, 6.07) is 12.6. The van der Waals surface area contributed by atoms with Crippen LogP contribution in [0.5, 0.6) is 0 Å². The third-order valence-corrected chi connectivity index (χ3v) is 3.10. The molecule has 0 bridgehead atoms. The van der Waals surface area contributed by atoms with E-state index in [2.05, 4.69) is 22.4 Å². The molecule has 0 unspecified atom stereocenters. The Balaban J connectivity index is 2.16. The van der Waals surface area contributed by atoms with E-state index in [-0.39, 0.29) is 0 Å². The Hall–Kier alpha value is -2.00. The summed E-state index contributed by atoms with van der Waals surface area (Å²) in [6.45, 7) is 0. The lowest BCUT2D eigenvalue weighted by atomic mass is 10.0. The zero-order valence-electron chi connectivity index (χ0n) is 9.56. The highest BCUT2D eigenvalue weighted by atomic mass is 35.5. The number of nitrogens with zero attached hydrogens (tertiary/aromatic N) is 1. The smallest absolute Gasteiger partial charge is 0.299 e. The van der Waals surface area contributed by atoms with Gasteiger partial charge in [0.25, 0.3) is 6.01 Å². The molecule has 90 valence electrons. The van der Waals surface area contributed by atoms with E-state index in [1.54, 1.807) is 6.20 Å². The Labute approximate surface area is 109 Å². The average molecular weight is 259 g/mol. The van der Waals surface area contributed by atoms with Gasteiger partial charge in [0.05, 0.1) is 11.9 Å². The second-order valence-corrected chi connectivity index (χ2v) is 4.18. The Kier molecular flexibility index (Phi) is 2.90. The van der Waals surface area contributed by atoms with Crippen LogP contribution in [0.3, 0.4) is 0 Å². The molecule has 0 aliphatic carbocycles. The number of benzene rings is 2. The number of rotatable bonds is 3. The number of hydrogen-bond acceptors (Lipinski definition) is 3. The normalized spacial score (nSPS) is 10.7. The van der Waals surface area contributed by atoms with E-state index in [0.717, 1.165) is 22.0 Å². The van der Waals surface area contributed by atoms with Gasteiger partial charge in [-0.25, -0.2) is 4.98 Å². The summed E-state index contributed by atoms with van der Waals surface area (Å²) in [4.78, 5) is 4.06. The van der Waals surface area contributed by atoms with Crippen molar-refractivity contribution in [2.45, 2.75) is 5.88 Å². The van der Waals surface area contributed by atoms with Crippen LogP contribution >= 0.6 is 11.6 Å². The third-order valence-electron chi connectivity index (χ3n) is 2.81. The van der Waals surface area contributed by atoms with Crippen molar-refractivity contribution in [3.8, 4) is 0 Å². The SMILES string of the molecule is ClCc1cccc2cccc(Nc3ncco3)c12. The van der Waals surface area contributed by atoms with Crippen LogP contribution in [-0.2, 0) is 5.88 Å². The molecule has 0 fully saturated rings. The van der Waals surface area contributed by atoms with E-state index in [9.17, 15) is 0 Å². The first-order chi connectivity index (χ1) is 8.88. The molecule has 0 aliphatic heterocycles. The number of alkyl halides is 1. The van der Waals surface area contributed by atoms with Gasteiger partial charge in [-0.1, -0.05) is 30.3 Å². The number of anilines is 2. The van der Waals surface area contributed by atoms with E-state index in [1.807, 2.05) is 24.3 Å². The van der Waals surface area contributed by atoms with Crippen LogP contribution in [0, 0.1) is 0 Å². The molecule has 3 rings (SSSR count). The van der Waals surface area contributed by atoms with Crippen LogP contribution in [0.4, 0.5) is 11.7 Å². The summed E-state index contributed by atoms with van der Waals surface area (Å²) < 4.78 is 5.20. The van der Waals surface area contributed by atoms with Gasteiger partial charge in [0.2, 0.25) is 0 Å². The van der Waals surface area contributed by atoms with Crippen molar-refractivity contribution >= 4 is 34.1 Å². The highest BCUT2D eigenvalue weighted by Crippen LogP contribution is 2.29. The monoisotopic (exact) mass is 258 g/mol. The maximum atomic E-state index is 5.99. The van der Waals surface area contributed by atoms with Crippen LogP contribution in [0.1, 0.15) is 5.56 Å². The van der Waals surface area contributed by atoms with Crippen LogP contribution in [0.2, 0.25) is 0 Å². The number of aromatic nitrogens is 1. The number of oxazole rings is 1. The van der Waals surface area contributed by atoms with Crippen LogP contribution in [0.25, 0.3) is 10.8 Å². The van der Waals surface area contributed by atoms with Crippen molar-refractivity contribution in [2.75, 3.05) is 5.32 Å². The number of nitrogens with one attached hydrogen (secondary N) is 1. The molecule has 0 radical (unpaired) electrons. The highest BCUT2D eigenvalue weighted by molar-refractivity contribution is 6.18. The molecule has 0 atom stereocenters. The molecule has 0 saturated heterocycles. The van der Waals surface area contributed by atoms with Crippen molar-refractivity contribution in [1.82, 2.24) is 4.98 Å². The fourth-order valence-corrected chi connectivity index (χ4v) is 2.26. The Bertz CT molecular complexity index is 659. The average Bonchev–Trinajstić information content (AvgIpc) is 2.91. The molecule has 2 aromatic carbocycles. The minimum atomic E-state index is 0.474. The molecule has 0 amide bonds. The maximum Gasteiger partial charge on any atom is 0.299 e. The molecular weight excluding hydrogens is 248 g/mol. The fourth-order valence-electron chi connectivity index (χ4n) is 2.03. The van der Waals surface area contributed by atoms with Crippen molar-refractivity contribution in [3.63, 3.8) is 0 Å². The van der Waals surface area contributed by atoms with Crippen molar-refractivity contribution in [1.29, 1.82) is 0 Å². The van der Waals surface area contributed by atoms with Gasteiger partial charge in [0, 0.05) is 11.3 Å². The van der Waals surface area contributed by atoms with E-state index in [1.165, 1.54) is 6.26 Å². The van der Waals surface area contributed by atoms with Gasteiger partial charge < -0.3 is 9.73 Å². The van der Waals surface area contributed by atoms with Gasteiger partial charge in [0.1, 0.15) is 6.26 Å². The number of hydrogen-bond donors (Lipinski definition) is 1. The van der Waals surface area contributed by atoms with Crippen molar-refractivity contribution in [3.05, 3.63) is 54.4 Å². The summed E-state index contributed by atoms with van der Waals surface area (Å²) >= 11 is 5.99. The van der Waals surface area contributed by atoms with Crippen molar-refractivity contribution < 1.29 is 4.42 Å². The second-order valence-electron chi connectivity index (χ2n) is 3.92. The maximum absolute atomic E-state index is 5.99. The fraction of sp³-hybridized carbons (Fsp3) is 0.0714. The highest BCUT2D eigenvalue weighted by Gasteiger charge is 2.07. The lowest BCUT2D eigenvalue weighted by Gasteiger charge is -2.10. The molecule has 4 heteroatoms. The molecule has 0 aliphatic rings. The molecule has 1 heterocycles. The predicted molar refractivity (Wildman–Crippen MR) is 73.3 cm³/mol. The summed E-state index contributed by atoms with van der Waals surface area (Å²) in [5, 5.41) is 5.41. The van der Waals surface area contributed by atoms with E-state index >= 15 is 0 Å². The quantitative estimate of drug-likeness (QED) is 0.712. The van der Waals surface area contributed by atoms with Crippen LogP contribution < -0.4 is 5.32 Å². The minimum Gasteiger partial charge on any atom is -0.432 e. The van der Waals surface area contributed by atoms with Crippen molar-refractivity contribution in [2.24, 2.45) is 0 Å². The Morgan fingerprint density at radius 1 is 1.17 bits per heavy atom. The Morgan fingerprint density at radius 2 is 2.00 bits per heavy atom. The van der Waals surface area contributed by atoms with Gasteiger partial charge in [-0.05, 0) is 17.0 Å². The molecular formula is C14H11ClN2O. The molecule has 1 N–H and O–H groups in total. The van der Waals surface area contributed by atoms with Gasteiger partial charge in [-0.2, -0.15) is 0 Å². The van der Waals surface area contributed by atoms with Gasteiger partial charge >= 0.3 is 0 Å². The van der Waals surface area contributed by atoms with Gasteiger partial charge in [0.15, 0.2) is 0 Å². The first-order valence-corrected chi connectivity index (χ1v) is 6.15. The molecule has 3 aromatic rings. The van der Waals surface area contributed by atoms with E-state index < -0.39 is 0 Å². The lowest BCUT2D eigenvalue weighted by molar-refractivity contribution is 0.578. The first-order valence-electron chi connectivity index (χ1n) is 5.61. The molecule has 0 saturated carbocycles. The van der Waals surface area contributed by atoms with Crippen LogP contribution in [-0.4, -0.2) is 4.98 Å². The number of halogens is 1. The molecule has 3 nitrogen and oxygen atoms in total. The minimum absolute atomic E-state index is 0.474. The van der Waals surface area contributed by atoms with Crippen LogP contribution in [0.15, 0.2) is 53.3 Å². The van der Waals surface area contributed by atoms with Gasteiger partial charge in [-0.3, -0.25) is 0 Å². The zero-order chi connectivity index (χ0) is 12.4. The van der Waals surface area contributed by atoms with E-state index in [0.29, 0.717) is 11.9 Å². The summed E-state index contributed by atoms with van der Waals surface area (Å²) in [5.41, 5.74) is 2.04.